The molecule has 1 N–H and O–H groups in total. The smallest absolute Gasteiger partial charge is 0.315 e. The molecule has 2 atom stereocenters. The van der Waals surface area contributed by atoms with Crippen molar-refractivity contribution in [2.75, 3.05) is 6.61 Å². The number of allylic oxidation sites excluding steroid dienone is 1. The van der Waals surface area contributed by atoms with Gasteiger partial charge in [0.1, 0.15) is 11.7 Å². The van der Waals surface area contributed by atoms with Crippen LogP contribution in [0.4, 0.5) is 0 Å². The largest absolute Gasteiger partial charge is 0.465 e. The Morgan fingerprint density at radius 3 is 2.86 bits per heavy atom. The van der Waals surface area contributed by atoms with Crippen LogP contribution in [0.2, 0.25) is 0 Å². The first kappa shape index (κ1) is 9.40. The van der Waals surface area contributed by atoms with E-state index in [1.165, 1.54) is 6.08 Å². The van der Waals surface area contributed by atoms with Crippen LogP contribution < -0.4 is 0 Å². The van der Waals surface area contributed by atoms with Gasteiger partial charge in [0.05, 0.1) is 12.7 Å². The second-order valence-electron chi connectivity index (χ2n) is 3.85. The molecule has 76 valence electrons. The summed E-state index contributed by atoms with van der Waals surface area (Å²) < 4.78 is 4.87. The molecule has 1 aliphatic carbocycles. The molecular formula is C10H12O4. The lowest BCUT2D eigenvalue weighted by atomic mass is 9.72. The first-order chi connectivity index (χ1) is 6.69. The molecule has 1 spiro atoms. The Kier molecular flexibility index (Phi) is 2.15. The van der Waals surface area contributed by atoms with Crippen LogP contribution in [-0.4, -0.2) is 30.1 Å². The minimum absolute atomic E-state index is 0.328. The Morgan fingerprint density at radius 1 is 1.57 bits per heavy atom. The van der Waals surface area contributed by atoms with Gasteiger partial charge in [0.15, 0.2) is 0 Å². The summed E-state index contributed by atoms with van der Waals surface area (Å²) >= 11 is 0. The van der Waals surface area contributed by atoms with E-state index in [4.69, 9.17) is 4.74 Å². The van der Waals surface area contributed by atoms with Crippen LogP contribution in [0.1, 0.15) is 19.3 Å². The number of aliphatic hydroxyl groups is 1. The lowest BCUT2D eigenvalue weighted by Crippen LogP contribution is -2.40. The Morgan fingerprint density at radius 2 is 2.36 bits per heavy atom. The molecule has 14 heavy (non-hydrogen) atoms. The maximum Gasteiger partial charge on any atom is 0.315 e. The van der Waals surface area contributed by atoms with Crippen molar-refractivity contribution in [3.8, 4) is 0 Å². The molecule has 1 saturated heterocycles. The zero-order valence-electron chi connectivity index (χ0n) is 7.73. The summed E-state index contributed by atoms with van der Waals surface area (Å²) in [6.07, 6.45) is 2.95. The molecule has 2 aliphatic rings. The maximum absolute atomic E-state index is 11.5. The summed E-state index contributed by atoms with van der Waals surface area (Å²) in [5.74, 6) is -0.328. The summed E-state index contributed by atoms with van der Waals surface area (Å²) in [5.41, 5.74) is -0.199. The molecule has 0 radical (unpaired) electrons. The van der Waals surface area contributed by atoms with Gasteiger partial charge in [-0.2, -0.15) is 0 Å². The van der Waals surface area contributed by atoms with Gasteiger partial charge in [-0.1, -0.05) is 0 Å². The maximum atomic E-state index is 11.5. The van der Waals surface area contributed by atoms with Gasteiger partial charge in [-0.05, 0) is 24.5 Å². The predicted octanol–water partition coefficient (Wildman–Crippen LogP) is 0.200. The van der Waals surface area contributed by atoms with Gasteiger partial charge in [-0.15, -0.1) is 0 Å². The minimum Gasteiger partial charge on any atom is -0.465 e. The van der Waals surface area contributed by atoms with Crippen LogP contribution in [0.3, 0.4) is 0 Å². The molecular weight excluding hydrogens is 184 g/mol. The Balaban J connectivity index is 2.28. The number of carbonyl (C=O) groups is 2. The molecule has 0 saturated carbocycles. The quantitative estimate of drug-likeness (QED) is 0.480. The van der Waals surface area contributed by atoms with Crippen LogP contribution in [0, 0.1) is 5.41 Å². The van der Waals surface area contributed by atoms with E-state index in [2.05, 4.69) is 0 Å². The van der Waals surface area contributed by atoms with Crippen LogP contribution in [0.5, 0.6) is 0 Å². The first-order valence-electron chi connectivity index (χ1n) is 4.70. The molecule has 2 rings (SSSR count). The third-order valence-electron chi connectivity index (χ3n) is 3.14. The van der Waals surface area contributed by atoms with Crippen molar-refractivity contribution >= 4 is 12.3 Å². The summed E-state index contributed by atoms with van der Waals surface area (Å²) in [6.45, 7) is 0.375. The van der Waals surface area contributed by atoms with Crippen molar-refractivity contribution in [2.45, 2.75) is 25.4 Å². The Labute approximate surface area is 81.6 Å². The topological polar surface area (TPSA) is 63.6 Å². The van der Waals surface area contributed by atoms with Crippen LogP contribution >= 0.6 is 0 Å². The number of aldehydes is 1. The van der Waals surface area contributed by atoms with E-state index < -0.39 is 11.5 Å². The highest BCUT2D eigenvalue weighted by atomic mass is 16.5. The summed E-state index contributed by atoms with van der Waals surface area (Å²) in [5, 5.41) is 9.80. The Bertz CT molecular complexity index is 307. The Hall–Kier alpha value is -1.16. The number of hydrogen-bond acceptors (Lipinski definition) is 4. The third kappa shape index (κ3) is 1.18. The van der Waals surface area contributed by atoms with E-state index in [0.717, 1.165) is 6.29 Å². The van der Waals surface area contributed by atoms with E-state index in [1.807, 2.05) is 0 Å². The third-order valence-corrected chi connectivity index (χ3v) is 3.14. The first-order valence-corrected chi connectivity index (χ1v) is 4.70. The number of carbonyl (C=O) groups excluding carboxylic acids is 2. The van der Waals surface area contributed by atoms with Crippen molar-refractivity contribution in [2.24, 2.45) is 5.41 Å². The van der Waals surface area contributed by atoms with Crippen LogP contribution in [-0.2, 0) is 14.3 Å². The number of rotatable bonds is 1. The standard InChI is InChI=1S/C10H12O4/c11-6-7-1-2-10(8(12)5-7)3-4-14-9(10)13/h5-6,8,12H,1-4H2/t8-,10-/m1/s1. The van der Waals surface area contributed by atoms with Gasteiger partial charge < -0.3 is 9.84 Å². The lowest BCUT2D eigenvalue weighted by Gasteiger charge is -2.32. The molecule has 1 aliphatic heterocycles. The highest BCUT2D eigenvalue weighted by Gasteiger charge is 2.50. The lowest BCUT2D eigenvalue weighted by molar-refractivity contribution is -0.151. The van der Waals surface area contributed by atoms with Gasteiger partial charge in [-0.3, -0.25) is 9.59 Å². The van der Waals surface area contributed by atoms with Crippen molar-refractivity contribution in [1.29, 1.82) is 0 Å². The summed E-state index contributed by atoms with van der Waals surface area (Å²) in [7, 11) is 0. The monoisotopic (exact) mass is 196 g/mol. The zero-order valence-corrected chi connectivity index (χ0v) is 7.73. The van der Waals surface area contributed by atoms with E-state index in [1.54, 1.807) is 0 Å². The summed E-state index contributed by atoms with van der Waals surface area (Å²) in [4.78, 5) is 22.0. The van der Waals surface area contributed by atoms with Gasteiger partial charge in [0, 0.05) is 6.42 Å². The van der Waals surface area contributed by atoms with Crippen molar-refractivity contribution in [3.63, 3.8) is 0 Å². The van der Waals surface area contributed by atoms with Crippen LogP contribution in [0.15, 0.2) is 11.6 Å². The van der Waals surface area contributed by atoms with Gasteiger partial charge in [0.25, 0.3) is 0 Å². The van der Waals surface area contributed by atoms with E-state index >= 15 is 0 Å². The molecule has 0 aromatic rings. The van der Waals surface area contributed by atoms with Gasteiger partial charge >= 0.3 is 5.97 Å². The van der Waals surface area contributed by atoms with Crippen LogP contribution in [0.25, 0.3) is 0 Å². The van der Waals surface area contributed by atoms with E-state index in [-0.39, 0.29) is 5.97 Å². The highest BCUT2D eigenvalue weighted by Crippen LogP contribution is 2.42. The van der Waals surface area contributed by atoms with Crippen molar-refractivity contribution in [1.82, 2.24) is 0 Å². The fraction of sp³-hybridized carbons (Fsp3) is 0.600. The molecule has 4 heteroatoms. The summed E-state index contributed by atoms with van der Waals surface area (Å²) in [6, 6.07) is 0. The van der Waals surface area contributed by atoms with E-state index in [9.17, 15) is 14.7 Å². The number of esters is 1. The average Bonchev–Trinajstić information content (AvgIpc) is 2.54. The second kappa shape index (κ2) is 3.20. The SMILES string of the molecule is O=CC1=C[C@@H](O)[C@]2(CCOC2=O)CC1. The minimum atomic E-state index is -0.869. The normalized spacial score (nSPS) is 36.8. The zero-order chi connectivity index (χ0) is 10.2. The predicted molar refractivity (Wildman–Crippen MR) is 47.4 cm³/mol. The van der Waals surface area contributed by atoms with E-state index in [0.29, 0.717) is 31.4 Å². The number of aliphatic hydroxyl groups excluding tert-OH is 1. The molecule has 0 unspecified atom stereocenters. The fourth-order valence-corrected chi connectivity index (χ4v) is 2.13. The molecule has 0 aromatic heterocycles. The molecule has 1 heterocycles. The van der Waals surface area contributed by atoms with Gasteiger partial charge in [-0.25, -0.2) is 0 Å². The average molecular weight is 196 g/mol. The van der Waals surface area contributed by atoms with Crippen molar-refractivity contribution in [3.05, 3.63) is 11.6 Å². The number of hydrogen-bond donors (Lipinski definition) is 1. The highest BCUT2D eigenvalue weighted by molar-refractivity contribution is 5.82. The fourth-order valence-electron chi connectivity index (χ4n) is 2.13. The molecule has 0 amide bonds. The molecule has 1 fully saturated rings. The van der Waals surface area contributed by atoms with Crippen molar-refractivity contribution < 1.29 is 19.4 Å². The number of cyclic esters (lactones) is 1. The number of ether oxygens (including phenoxy) is 1. The molecule has 0 bridgehead atoms. The van der Waals surface area contributed by atoms with Gasteiger partial charge in [0.2, 0.25) is 0 Å². The molecule has 0 aromatic carbocycles. The second-order valence-corrected chi connectivity index (χ2v) is 3.85. The molecule has 4 nitrogen and oxygen atoms in total.